The molecular formula is C17H25NO2. The zero-order valence-corrected chi connectivity index (χ0v) is 12.3. The van der Waals surface area contributed by atoms with E-state index in [1.54, 1.807) is 7.11 Å². The highest BCUT2D eigenvalue weighted by Gasteiger charge is 2.38. The number of hydrogen-bond donors (Lipinski definition) is 2. The summed E-state index contributed by atoms with van der Waals surface area (Å²) in [4.78, 5) is 0. The Morgan fingerprint density at radius 3 is 2.80 bits per heavy atom. The molecule has 3 nitrogen and oxygen atoms in total. The number of aliphatic hydroxyl groups excluding tert-OH is 1. The maximum Gasteiger partial charge on any atom is 0.119 e. The number of fused-ring (bicyclic) bond motifs is 1. The third-order valence-corrected chi connectivity index (χ3v) is 4.98. The summed E-state index contributed by atoms with van der Waals surface area (Å²) in [6.07, 6.45) is 8.35. The molecule has 2 N–H and O–H groups in total. The van der Waals surface area contributed by atoms with Gasteiger partial charge in [0.05, 0.1) is 19.3 Å². The second-order valence-electron chi connectivity index (χ2n) is 6.24. The van der Waals surface area contributed by atoms with Gasteiger partial charge in [-0.05, 0) is 55.4 Å². The maximum atomic E-state index is 10.1. The molecule has 0 amide bonds. The quantitative estimate of drug-likeness (QED) is 0.888. The molecule has 1 aromatic rings. The average Bonchev–Trinajstić information content (AvgIpc) is 2.99. The first-order valence-corrected chi connectivity index (χ1v) is 7.83. The van der Waals surface area contributed by atoms with Crippen LogP contribution in [0.25, 0.3) is 0 Å². The number of nitrogens with one attached hydrogen (secondary N) is 1. The van der Waals surface area contributed by atoms with E-state index in [1.807, 2.05) is 6.07 Å². The molecule has 0 heterocycles. The zero-order chi connectivity index (χ0) is 14.0. The van der Waals surface area contributed by atoms with Crippen LogP contribution in [0.3, 0.4) is 0 Å². The molecule has 0 spiro atoms. The van der Waals surface area contributed by atoms with Crippen molar-refractivity contribution in [2.45, 2.75) is 56.5 Å². The lowest BCUT2D eigenvalue weighted by molar-refractivity contribution is 0.128. The molecule has 0 aliphatic heterocycles. The highest BCUT2D eigenvalue weighted by Crippen LogP contribution is 2.38. The first kappa shape index (κ1) is 13.9. The van der Waals surface area contributed by atoms with Crippen LogP contribution in [0, 0.1) is 0 Å². The summed E-state index contributed by atoms with van der Waals surface area (Å²) in [6, 6.07) is 6.86. The summed E-state index contributed by atoms with van der Waals surface area (Å²) in [7, 11) is 1.71. The smallest absolute Gasteiger partial charge is 0.119 e. The van der Waals surface area contributed by atoms with Gasteiger partial charge >= 0.3 is 0 Å². The van der Waals surface area contributed by atoms with Gasteiger partial charge in [-0.15, -0.1) is 0 Å². The second-order valence-corrected chi connectivity index (χ2v) is 6.24. The van der Waals surface area contributed by atoms with Crippen molar-refractivity contribution in [3.8, 4) is 5.75 Å². The molecule has 3 heteroatoms. The Morgan fingerprint density at radius 2 is 2.10 bits per heavy atom. The van der Waals surface area contributed by atoms with E-state index >= 15 is 0 Å². The van der Waals surface area contributed by atoms with Crippen LogP contribution in [0.5, 0.6) is 5.75 Å². The molecular weight excluding hydrogens is 250 g/mol. The molecule has 1 saturated carbocycles. The van der Waals surface area contributed by atoms with E-state index in [2.05, 4.69) is 17.4 Å². The minimum absolute atomic E-state index is 0.183. The van der Waals surface area contributed by atoms with Gasteiger partial charge in [0.1, 0.15) is 5.75 Å². The fourth-order valence-electron chi connectivity index (χ4n) is 3.91. The van der Waals surface area contributed by atoms with Crippen molar-refractivity contribution in [3.05, 3.63) is 29.3 Å². The van der Waals surface area contributed by atoms with Crippen LogP contribution in [0.15, 0.2) is 18.2 Å². The SMILES string of the molecule is COc1ccc2c(c1)CCCC2(CO)NC1CCCC1. The fourth-order valence-corrected chi connectivity index (χ4v) is 3.91. The third kappa shape index (κ3) is 2.45. The zero-order valence-electron chi connectivity index (χ0n) is 12.3. The monoisotopic (exact) mass is 275 g/mol. The van der Waals surface area contributed by atoms with E-state index < -0.39 is 0 Å². The second kappa shape index (κ2) is 5.74. The Hall–Kier alpha value is -1.06. The van der Waals surface area contributed by atoms with Crippen LogP contribution in [-0.4, -0.2) is 24.9 Å². The van der Waals surface area contributed by atoms with Crippen LogP contribution < -0.4 is 10.1 Å². The lowest BCUT2D eigenvalue weighted by atomic mass is 9.76. The van der Waals surface area contributed by atoms with Crippen molar-refractivity contribution in [1.82, 2.24) is 5.32 Å². The molecule has 2 aliphatic carbocycles. The number of hydrogen-bond acceptors (Lipinski definition) is 3. The summed E-state index contributed by atoms with van der Waals surface area (Å²) in [5, 5.41) is 13.9. The number of ether oxygens (including phenoxy) is 1. The van der Waals surface area contributed by atoms with Gasteiger partial charge in [-0.1, -0.05) is 18.9 Å². The van der Waals surface area contributed by atoms with E-state index in [1.165, 1.54) is 36.8 Å². The van der Waals surface area contributed by atoms with Gasteiger partial charge in [0.2, 0.25) is 0 Å². The predicted octanol–water partition coefficient (Wildman–Crippen LogP) is 2.75. The summed E-state index contributed by atoms with van der Waals surface area (Å²) in [6.45, 7) is 0.183. The van der Waals surface area contributed by atoms with E-state index in [9.17, 15) is 5.11 Å². The van der Waals surface area contributed by atoms with E-state index in [0.29, 0.717) is 6.04 Å². The van der Waals surface area contributed by atoms with Gasteiger partial charge < -0.3 is 15.2 Å². The van der Waals surface area contributed by atoms with Gasteiger partial charge in [0.15, 0.2) is 0 Å². The van der Waals surface area contributed by atoms with Crippen LogP contribution >= 0.6 is 0 Å². The van der Waals surface area contributed by atoms with Crippen LogP contribution in [0.1, 0.15) is 49.7 Å². The van der Waals surface area contributed by atoms with Crippen molar-refractivity contribution >= 4 is 0 Å². The molecule has 1 fully saturated rings. The first-order valence-electron chi connectivity index (χ1n) is 7.83. The van der Waals surface area contributed by atoms with Crippen molar-refractivity contribution in [1.29, 1.82) is 0 Å². The molecule has 0 bridgehead atoms. The van der Waals surface area contributed by atoms with Gasteiger partial charge in [-0.2, -0.15) is 0 Å². The molecule has 0 aromatic heterocycles. The summed E-state index contributed by atoms with van der Waals surface area (Å²) < 4.78 is 5.33. The van der Waals surface area contributed by atoms with Crippen molar-refractivity contribution in [2.75, 3.05) is 13.7 Å². The molecule has 1 aromatic carbocycles. The number of rotatable bonds is 4. The maximum absolute atomic E-state index is 10.1. The lowest BCUT2D eigenvalue weighted by Gasteiger charge is -2.41. The standard InChI is InChI=1S/C17H25NO2/c1-20-15-8-9-16-13(11-15)5-4-10-17(16,12-19)18-14-6-2-3-7-14/h8-9,11,14,18-19H,2-7,10,12H2,1H3. The van der Waals surface area contributed by atoms with Gasteiger partial charge in [0, 0.05) is 6.04 Å². The van der Waals surface area contributed by atoms with E-state index in [4.69, 9.17) is 4.74 Å². The Bertz CT molecular complexity index is 468. The van der Waals surface area contributed by atoms with Crippen LogP contribution in [0.4, 0.5) is 0 Å². The number of benzene rings is 1. The van der Waals surface area contributed by atoms with Crippen molar-refractivity contribution in [3.63, 3.8) is 0 Å². The molecule has 20 heavy (non-hydrogen) atoms. The van der Waals surface area contributed by atoms with Gasteiger partial charge in [0.25, 0.3) is 0 Å². The minimum atomic E-state index is -0.241. The fraction of sp³-hybridized carbons (Fsp3) is 0.647. The molecule has 1 atom stereocenters. The highest BCUT2D eigenvalue weighted by atomic mass is 16.5. The summed E-state index contributed by atoms with van der Waals surface area (Å²) in [5.41, 5.74) is 2.36. The Kier molecular flexibility index (Phi) is 3.99. The predicted molar refractivity (Wildman–Crippen MR) is 80.1 cm³/mol. The normalized spacial score (nSPS) is 26.5. The number of aliphatic hydroxyl groups is 1. The van der Waals surface area contributed by atoms with Crippen LogP contribution in [-0.2, 0) is 12.0 Å². The van der Waals surface area contributed by atoms with Gasteiger partial charge in [-0.25, -0.2) is 0 Å². The summed E-state index contributed by atoms with van der Waals surface area (Å²) in [5.74, 6) is 0.915. The molecule has 0 saturated heterocycles. The molecule has 110 valence electrons. The van der Waals surface area contributed by atoms with Crippen LogP contribution in [0.2, 0.25) is 0 Å². The Labute approximate surface area is 121 Å². The summed E-state index contributed by atoms with van der Waals surface area (Å²) >= 11 is 0. The Morgan fingerprint density at radius 1 is 1.30 bits per heavy atom. The third-order valence-electron chi connectivity index (χ3n) is 4.98. The first-order chi connectivity index (χ1) is 9.77. The minimum Gasteiger partial charge on any atom is -0.497 e. The number of aryl methyl sites for hydroxylation is 1. The average molecular weight is 275 g/mol. The van der Waals surface area contributed by atoms with Crippen molar-refractivity contribution in [2.24, 2.45) is 0 Å². The molecule has 2 aliphatic rings. The highest BCUT2D eigenvalue weighted by molar-refractivity contribution is 5.42. The molecule has 1 unspecified atom stereocenters. The lowest BCUT2D eigenvalue weighted by Crippen LogP contribution is -2.51. The Balaban J connectivity index is 1.92. The van der Waals surface area contributed by atoms with Crippen molar-refractivity contribution < 1.29 is 9.84 Å². The molecule has 0 radical (unpaired) electrons. The number of methoxy groups -OCH3 is 1. The topological polar surface area (TPSA) is 41.5 Å². The largest absolute Gasteiger partial charge is 0.497 e. The molecule has 3 rings (SSSR count). The van der Waals surface area contributed by atoms with Gasteiger partial charge in [-0.3, -0.25) is 0 Å². The van der Waals surface area contributed by atoms with E-state index in [0.717, 1.165) is 25.0 Å². The van der Waals surface area contributed by atoms with E-state index in [-0.39, 0.29) is 12.1 Å².